The van der Waals surface area contributed by atoms with Crippen LogP contribution in [0.3, 0.4) is 0 Å². The van der Waals surface area contributed by atoms with Crippen LogP contribution in [-0.4, -0.2) is 0 Å². The largest absolute Gasteiger partial charge is 0.0843 e. The highest BCUT2D eigenvalue weighted by Gasteiger charge is 1.99. The lowest BCUT2D eigenvalue weighted by molar-refractivity contribution is 1.58. The Kier molecular flexibility index (Phi) is 4.91. The van der Waals surface area contributed by atoms with Gasteiger partial charge in [-0.2, -0.15) is 0 Å². The molecule has 4 heteroatoms. The zero-order valence-corrected chi connectivity index (χ0v) is 13.8. The van der Waals surface area contributed by atoms with Crippen molar-refractivity contribution < 1.29 is 0 Å². The smallest absolute Gasteiger partial charge is 0.0417 e. The van der Waals surface area contributed by atoms with Gasteiger partial charge in [0.2, 0.25) is 0 Å². The molecule has 0 bridgehead atoms. The molecular formula is C14H8Br2Cl2. The van der Waals surface area contributed by atoms with E-state index in [-0.39, 0.29) is 0 Å². The van der Waals surface area contributed by atoms with Crippen LogP contribution in [0, 0.1) is 0 Å². The molecular weight excluding hydrogens is 399 g/mol. The second-order valence-electron chi connectivity index (χ2n) is 3.67. The molecule has 0 heterocycles. The van der Waals surface area contributed by atoms with Gasteiger partial charge in [0.25, 0.3) is 0 Å². The predicted molar refractivity (Wildman–Crippen MR) is 87.2 cm³/mol. The second kappa shape index (κ2) is 6.25. The molecule has 0 N–H and O–H groups in total. The number of halogens is 4. The fraction of sp³-hybridized carbons (Fsp3) is 0. The van der Waals surface area contributed by atoms with Crippen molar-refractivity contribution in [3.05, 3.63) is 66.5 Å². The minimum absolute atomic E-state index is 0.715. The van der Waals surface area contributed by atoms with E-state index < -0.39 is 0 Å². The van der Waals surface area contributed by atoms with Crippen LogP contribution in [0.15, 0.2) is 45.3 Å². The molecule has 0 spiro atoms. The van der Waals surface area contributed by atoms with Crippen LogP contribution in [0.2, 0.25) is 10.0 Å². The summed E-state index contributed by atoms with van der Waals surface area (Å²) < 4.78 is 1.94. The van der Waals surface area contributed by atoms with Crippen molar-refractivity contribution in [1.82, 2.24) is 0 Å². The van der Waals surface area contributed by atoms with Gasteiger partial charge in [-0.05, 0) is 35.4 Å². The first kappa shape index (κ1) is 14.1. The van der Waals surface area contributed by atoms with Gasteiger partial charge >= 0.3 is 0 Å². The lowest BCUT2D eigenvalue weighted by Crippen LogP contribution is -1.78. The average Bonchev–Trinajstić information content (AvgIpc) is 2.30. The van der Waals surface area contributed by atoms with Crippen LogP contribution in [0.25, 0.3) is 12.2 Å². The van der Waals surface area contributed by atoms with E-state index >= 15 is 0 Å². The quantitative estimate of drug-likeness (QED) is 0.487. The van der Waals surface area contributed by atoms with Crippen molar-refractivity contribution in [2.45, 2.75) is 0 Å². The normalized spacial score (nSPS) is 11.1. The molecule has 0 aromatic heterocycles. The standard InChI is InChI=1S/C14H8Br2Cl2/c15-13-7-11(17)5-3-9(13)1-2-10-4-6-12(18)8-14(10)16/h1-8H/b2-1-. The van der Waals surface area contributed by atoms with E-state index in [0.29, 0.717) is 10.0 Å². The zero-order chi connectivity index (χ0) is 13.1. The molecule has 0 radical (unpaired) electrons. The number of hydrogen-bond acceptors (Lipinski definition) is 0. The van der Waals surface area contributed by atoms with Crippen molar-refractivity contribution in [2.24, 2.45) is 0 Å². The summed E-state index contributed by atoms with van der Waals surface area (Å²) in [7, 11) is 0. The van der Waals surface area contributed by atoms with Crippen molar-refractivity contribution in [2.75, 3.05) is 0 Å². The van der Waals surface area contributed by atoms with E-state index in [1.807, 2.05) is 48.6 Å². The molecule has 0 amide bonds. The summed E-state index contributed by atoms with van der Waals surface area (Å²) >= 11 is 18.8. The molecule has 0 fully saturated rings. The summed E-state index contributed by atoms with van der Waals surface area (Å²) in [5.41, 5.74) is 2.14. The summed E-state index contributed by atoms with van der Waals surface area (Å²) in [6.07, 6.45) is 4.04. The molecule has 0 nitrogen and oxygen atoms in total. The Bertz CT molecular complexity index is 553. The predicted octanol–water partition coefficient (Wildman–Crippen LogP) is 6.69. The third kappa shape index (κ3) is 3.61. The maximum Gasteiger partial charge on any atom is 0.0417 e. The van der Waals surface area contributed by atoms with Crippen molar-refractivity contribution in [1.29, 1.82) is 0 Å². The minimum Gasteiger partial charge on any atom is -0.0843 e. The third-order valence-corrected chi connectivity index (χ3v) is 4.21. The summed E-state index contributed by atoms with van der Waals surface area (Å²) in [6.45, 7) is 0. The first-order valence-corrected chi connectivity index (χ1v) is 7.48. The van der Waals surface area contributed by atoms with Gasteiger partial charge < -0.3 is 0 Å². The Morgan fingerprint density at radius 3 is 1.44 bits per heavy atom. The fourth-order valence-corrected chi connectivity index (χ4v) is 3.08. The monoisotopic (exact) mass is 404 g/mol. The molecule has 18 heavy (non-hydrogen) atoms. The van der Waals surface area contributed by atoms with Crippen LogP contribution in [0.1, 0.15) is 11.1 Å². The van der Waals surface area contributed by atoms with E-state index in [4.69, 9.17) is 23.2 Å². The van der Waals surface area contributed by atoms with Crippen LogP contribution in [0.5, 0.6) is 0 Å². The molecule has 2 aromatic carbocycles. The summed E-state index contributed by atoms with van der Waals surface area (Å²) in [5.74, 6) is 0. The maximum atomic E-state index is 5.90. The van der Waals surface area contributed by atoms with E-state index in [1.54, 1.807) is 0 Å². The van der Waals surface area contributed by atoms with Crippen LogP contribution in [0.4, 0.5) is 0 Å². The molecule has 0 saturated heterocycles. The Balaban J connectivity index is 2.30. The highest BCUT2D eigenvalue weighted by atomic mass is 79.9. The van der Waals surface area contributed by atoms with Crippen LogP contribution < -0.4 is 0 Å². The molecule has 2 aromatic rings. The summed E-state index contributed by atoms with van der Waals surface area (Å²) in [4.78, 5) is 0. The fourth-order valence-electron chi connectivity index (χ4n) is 1.45. The van der Waals surface area contributed by atoms with Gasteiger partial charge in [-0.15, -0.1) is 0 Å². The Hall–Kier alpha value is -0.280. The highest BCUT2D eigenvalue weighted by Crippen LogP contribution is 2.26. The van der Waals surface area contributed by atoms with Gasteiger partial charge in [0.1, 0.15) is 0 Å². The zero-order valence-electron chi connectivity index (χ0n) is 9.13. The SMILES string of the molecule is Clc1ccc(/C=C\c2ccc(Cl)cc2Br)c(Br)c1. The van der Waals surface area contributed by atoms with Crippen molar-refractivity contribution >= 4 is 67.2 Å². The Labute approximate surface area is 133 Å². The van der Waals surface area contributed by atoms with Gasteiger partial charge in [-0.25, -0.2) is 0 Å². The van der Waals surface area contributed by atoms with E-state index in [2.05, 4.69) is 31.9 Å². The second-order valence-corrected chi connectivity index (χ2v) is 6.25. The lowest BCUT2D eigenvalue weighted by atomic mass is 10.1. The number of rotatable bonds is 2. The van der Waals surface area contributed by atoms with Crippen LogP contribution in [-0.2, 0) is 0 Å². The minimum atomic E-state index is 0.715. The first-order chi connectivity index (χ1) is 8.56. The van der Waals surface area contributed by atoms with Crippen molar-refractivity contribution in [3.63, 3.8) is 0 Å². The third-order valence-electron chi connectivity index (χ3n) is 2.37. The van der Waals surface area contributed by atoms with Gasteiger partial charge in [-0.3, -0.25) is 0 Å². The lowest BCUT2D eigenvalue weighted by Gasteiger charge is -2.01. The van der Waals surface area contributed by atoms with Gasteiger partial charge in [0, 0.05) is 19.0 Å². The Morgan fingerprint density at radius 1 is 0.722 bits per heavy atom. The molecule has 0 atom stereocenters. The average molecular weight is 407 g/mol. The van der Waals surface area contributed by atoms with Gasteiger partial charge in [0.05, 0.1) is 0 Å². The highest BCUT2D eigenvalue weighted by molar-refractivity contribution is 9.10. The number of hydrogen-bond donors (Lipinski definition) is 0. The molecule has 0 aliphatic carbocycles. The Morgan fingerprint density at radius 2 is 1.11 bits per heavy atom. The number of benzene rings is 2. The molecule has 0 saturated carbocycles. The summed E-state index contributed by atoms with van der Waals surface area (Å²) in [6, 6.07) is 11.4. The topological polar surface area (TPSA) is 0 Å². The van der Waals surface area contributed by atoms with Crippen LogP contribution >= 0.6 is 55.1 Å². The van der Waals surface area contributed by atoms with E-state index in [0.717, 1.165) is 20.1 Å². The molecule has 0 aliphatic rings. The van der Waals surface area contributed by atoms with Gasteiger partial charge in [-0.1, -0.05) is 79.3 Å². The maximum absolute atomic E-state index is 5.90. The molecule has 92 valence electrons. The van der Waals surface area contributed by atoms with Crippen molar-refractivity contribution in [3.8, 4) is 0 Å². The first-order valence-electron chi connectivity index (χ1n) is 5.14. The summed E-state index contributed by atoms with van der Waals surface area (Å²) in [5, 5.41) is 1.43. The molecule has 0 unspecified atom stereocenters. The molecule has 0 aliphatic heterocycles. The molecule has 2 rings (SSSR count). The van der Waals surface area contributed by atoms with E-state index in [1.165, 1.54) is 0 Å². The van der Waals surface area contributed by atoms with Gasteiger partial charge in [0.15, 0.2) is 0 Å². The van der Waals surface area contributed by atoms with E-state index in [9.17, 15) is 0 Å².